The van der Waals surface area contributed by atoms with Crippen LogP contribution in [0.1, 0.15) is 25.0 Å². The third-order valence-electron chi connectivity index (χ3n) is 12.4. The largest absolute Gasteiger partial charge is 0.455 e. The standard InChI is InChI=1S/C55H37NO2/c1-55(2)47-23-7-5-17-42(47)44-21-10-20-40(52(44)55)35-27-30-37(31-28-35)56(48-24-11-22-45-43-18-6-8-25-49(43)57-54(45)48)38-15-9-14-36(33-38)39-19-12-26-50-51(39)46-32-29-34-13-3-4-16-41(34)53(46)58-50/h3-33H,1-2H3. The summed E-state index contributed by atoms with van der Waals surface area (Å²) in [4.78, 5) is 2.34. The quantitative estimate of drug-likeness (QED) is 0.176. The maximum atomic E-state index is 6.70. The molecule has 1 aliphatic carbocycles. The molecule has 0 atom stereocenters. The van der Waals surface area contributed by atoms with Gasteiger partial charge in [0, 0.05) is 43.7 Å². The Labute approximate surface area is 336 Å². The number of para-hydroxylation sites is 2. The SMILES string of the molecule is CC1(C)c2ccccc2-c2cccc(-c3ccc(N(c4cccc(-c5cccc6oc7c8ccccc8ccc7c56)c4)c4cccc5c4oc4ccccc45)cc3)c21. The van der Waals surface area contributed by atoms with Crippen LogP contribution in [0.25, 0.3) is 88.0 Å². The van der Waals surface area contributed by atoms with Gasteiger partial charge < -0.3 is 13.7 Å². The zero-order chi connectivity index (χ0) is 38.5. The average Bonchev–Trinajstić information content (AvgIpc) is 3.93. The first-order valence-corrected chi connectivity index (χ1v) is 20.0. The van der Waals surface area contributed by atoms with Gasteiger partial charge in [0.05, 0.1) is 5.69 Å². The third-order valence-corrected chi connectivity index (χ3v) is 12.4. The van der Waals surface area contributed by atoms with E-state index in [1.807, 2.05) is 6.07 Å². The number of furan rings is 2. The fourth-order valence-electron chi connectivity index (χ4n) is 9.82. The molecule has 3 heteroatoms. The monoisotopic (exact) mass is 743 g/mol. The molecule has 3 nitrogen and oxygen atoms in total. The molecule has 0 bridgehead atoms. The van der Waals surface area contributed by atoms with Crippen molar-refractivity contribution in [2.45, 2.75) is 19.3 Å². The van der Waals surface area contributed by atoms with Crippen molar-refractivity contribution in [3.05, 3.63) is 199 Å². The Morgan fingerprint density at radius 3 is 2.00 bits per heavy atom. The summed E-state index contributed by atoms with van der Waals surface area (Å²) < 4.78 is 13.3. The predicted molar refractivity (Wildman–Crippen MR) is 242 cm³/mol. The van der Waals surface area contributed by atoms with Crippen LogP contribution in [0, 0.1) is 0 Å². The number of anilines is 3. The van der Waals surface area contributed by atoms with Crippen LogP contribution in [0.15, 0.2) is 197 Å². The summed E-state index contributed by atoms with van der Waals surface area (Å²) in [6.45, 7) is 4.71. The van der Waals surface area contributed by atoms with Crippen LogP contribution in [-0.4, -0.2) is 0 Å². The molecule has 2 heterocycles. The Kier molecular flexibility index (Phi) is 6.98. The summed E-state index contributed by atoms with van der Waals surface area (Å²) in [6, 6.07) is 67.6. The van der Waals surface area contributed by atoms with E-state index in [2.05, 4.69) is 201 Å². The van der Waals surface area contributed by atoms with E-state index in [0.717, 1.165) is 77.5 Å². The number of nitrogens with zero attached hydrogens (tertiary/aromatic N) is 1. The number of rotatable bonds is 5. The van der Waals surface area contributed by atoms with Gasteiger partial charge in [0.2, 0.25) is 0 Å². The fraction of sp³-hybridized carbons (Fsp3) is 0.0545. The summed E-state index contributed by atoms with van der Waals surface area (Å²) in [5.41, 5.74) is 16.6. The summed E-state index contributed by atoms with van der Waals surface area (Å²) in [5.74, 6) is 0. The zero-order valence-electron chi connectivity index (χ0n) is 32.2. The van der Waals surface area contributed by atoms with E-state index in [1.165, 1.54) is 38.8 Å². The molecule has 11 aromatic rings. The molecule has 58 heavy (non-hydrogen) atoms. The second-order valence-corrected chi connectivity index (χ2v) is 16.0. The van der Waals surface area contributed by atoms with Crippen LogP contribution in [0.3, 0.4) is 0 Å². The van der Waals surface area contributed by atoms with Gasteiger partial charge >= 0.3 is 0 Å². The number of hydrogen-bond acceptors (Lipinski definition) is 3. The van der Waals surface area contributed by atoms with Gasteiger partial charge in [-0.1, -0.05) is 153 Å². The molecule has 0 N–H and O–H groups in total. The molecule has 0 radical (unpaired) electrons. The molecule has 0 saturated heterocycles. The van der Waals surface area contributed by atoms with Gasteiger partial charge in [-0.2, -0.15) is 0 Å². The Bertz CT molecular complexity index is 3440. The number of benzene rings is 9. The lowest BCUT2D eigenvalue weighted by atomic mass is 9.79. The lowest BCUT2D eigenvalue weighted by Crippen LogP contribution is -2.16. The molecular weight excluding hydrogens is 707 g/mol. The van der Waals surface area contributed by atoms with E-state index in [9.17, 15) is 0 Å². The van der Waals surface area contributed by atoms with Crippen molar-refractivity contribution in [1.82, 2.24) is 0 Å². The van der Waals surface area contributed by atoms with E-state index in [1.54, 1.807) is 0 Å². The van der Waals surface area contributed by atoms with Gasteiger partial charge in [-0.3, -0.25) is 0 Å². The van der Waals surface area contributed by atoms with Crippen molar-refractivity contribution in [1.29, 1.82) is 0 Å². The van der Waals surface area contributed by atoms with Crippen LogP contribution in [0.4, 0.5) is 17.1 Å². The smallest absolute Gasteiger partial charge is 0.159 e. The number of hydrogen-bond donors (Lipinski definition) is 0. The first kappa shape index (κ1) is 32.8. The average molecular weight is 744 g/mol. The van der Waals surface area contributed by atoms with E-state index in [-0.39, 0.29) is 5.41 Å². The lowest BCUT2D eigenvalue weighted by molar-refractivity contribution is 0.662. The molecule has 2 aromatic heterocycles. The predicted octanol–water partition coefficient (Wildman–Crippen LogP) is 15.7. The topological polar surface area (TPSA) is 29.5 Å². The third kappa shape index (κ3) is 4.74. The summed E-state index contributed by atoms with van der Waals surface area (Å²) in [7, 11) is 0. The van der Waals surface area contributed by atoms with Crippen molar-refractivity contribution in [3.63, 3.8) is 0 Å². The summed E-state index contributed by atoms with van der Waals surface area (Å²) in [6.07, 6.45) is 0. The van der Waals surface area contributed by atoms with Crippen LogP contribution in [0.2, 0.25) is 0 Å². The molecular formula is C55H37NO2. The van der Waals surface area contributed by atoms with Crippen molar-refractivity contribution in [2.75, 3.05) is 4.90 Å². The molecule has 0 unspecified atom stereocenters. The minimum absolute atomic E-state index is 0.110. The van der Waals surface area contributed by atoms with Gasteiger partial charge in [-0.05, 0) is 98.4 Å². The zero-order valence-corrected chi connectivity index (χ0v) is 32.2. The van der Waals surface area contributed by atoms with Gasteiger partial charge in [0.1, 0.15) is 16.7 Å². The molecule has 274 valence electrons. The highest BCUT2D eigenvalue weighted by Crippen LogP contribution is 2.52. The summed E-state index contributed by atoms with van der Waals surface area (Å²) >= 11 is 0. The first-order chi connectivity index (χ1) is 28.5. The second-order valence-electron chi connectivity index (χ2n) is 16.0. The van der Waals surface area contributed by atoms with Gasteiger partial charge in [0.15, 0.2) is 5.58 Å². The van der Waals surface area contributed by atoms with E-state index < -0.39 is 0 Å². The molecule has 9 aromatic carbocycles. The molecule has 1 aliphatic rings. The number of fused-ring (bicyclic) bond motifs is 11. The van der Waals surface area contributed by atoms with Crippen molar-refractivity contribution in [3.8, 4) is 33.4 Å². The Hall–Kier alpha value is -7.36. The highest BCUT2D eigenvalue weighted by molar-refractivity contribution is 6.19. The highest BCUT2D eigenvalue weighted by atomic mass is 16.3. The molecule has 0 amide bonds. The highest BCUT2D eigenvalue weighted by Gasteiger charge is 2.37. The molecule has 0 saturated carbocycles. The Balaban J connectivity index is 1.04. The van der Waals surface area contributed by atoms with Crippen molar-refractivity contribution >= 4 is 71.7 Å². The molecule has 0 aliphatic heterocycles. The molecule has 12 rings (SSSR count). The first-order valence-electron chi connectivity index (χ1n) is 20.0. The second kappa shape index (κ2) is 12.3. The van der Waals surface area contributed by atoms with Crippen molar-refractivity contribution in [2.24, 2.45) is 0 Å². The van der Waals surface area contributed by atoms with Crippen LogP contribution in [-0.2, 0) is 5.41 Å². The Morgan fingerprint density at radius 2 is 1.09 bits per heavy atom. The molecule has 0 fully saturated rings. The van der Waals surface area contributed by atoms with Crippen molar-refractivity contribution < 1.29 is 8.83 Å². The van der Waals surface area contributed by atoms with Gasteiger partial charge in [-0.25, -0.2) is 0 Å². The lowest BCUT2D eigenvalue weighted by Gasteiger charge is -2.27. The van der Waals surface area contributed by atoms with Crippen LogP contribution in [0.5, 0.6) is 0 Å². The van der Waals surface area contributed by atoms with Gasteiger partial charge in [-0.15, -0.1) is 0 Å². The minimum atomic E-state index is -0.110. The molecule has 0 spiro atoms. The van der Waals surface area contributed by atoms with E-state index in [4.69, 9.17) is 8.83 Å². The van der Waals surface area contributed by atoms with Crippen LogP contribution >= 0.6 is 0 Å². The Morgan fingerprint density at radius 1 is 0.414 bits per heavy atom. The van der Waals surface area contributed by atoms with Crippen LogP contribution < -0.4 is 4.90 Å². The van der Waals surface area contributed by atoms with E-state index in [0.29, 0.717) is 0 Å². The fourth-order valence-corrected chi connectivity index (χ4v) is 9.82. The normalized spacial score (nSPS) is 13.1. The maximum Gasteiger partial charge on any atom is 0.159 e. The van der Waals surface area contributed by atoms with Gasteiger partial charge in [0.25, 0.3) is 0 Å². The maximum absolute atomic E-state index is 6.70. The summed E-state index contributed by atoms with van der Waals surface area (Å²) in [5, 5.41) is 6.73. The minimum Gasteiger partial charge on any atom is -0.455 e. The van der Waals surface area contributed by atoms with E-state index >= 15 is 0 Å².